The van der Waals surface area contributed by atoms with Gasteiger partial charge in [0, 0.05) is 22.3 Å². The number of anilines is 1. The van der Waals surface area contributed by atoms with E-state index in [9.17, 15) is 8.42 Å². The van der Waals surface area contributed by atoms with Crippen LogP contribution in [0.25, 0.3) is 0 Å². The average Bonchev–Trinajstić information content (AvgIpc) is 3.23. The minimum absolute atomic E-state index is 0.345. The van der Waals surface area contributed by atoms with Crippen LogP contribution >= 0.6 is 11.6 Å². The summed E-state index contributed by atoms with van der Waals surface area (Å²) in [5.41, 5.74) is 2.42. The molecule has 0 amide bonds. The Labute approximate surface area is 171 Å². The van der Waals surface area contributed by atoms with Crippen molar-refractivity contribution in [2.75, 3.05) is 24.9 Å². The van der Waals surface area contributed by atoms with Gasteiger partial charge in [-0.05, 0) is 87.2 Å². The van der Waals surface area contributed by atoms with Gasteiger partial charge in [0.1, 0.15) is 5.75 Å². The average molecular weight is 421 g/mol. The Balaban J connectivity index is 1.67. The van der Waals surface area contributed by atoms with Crippen LogP contribution in [0.4, 0.5) is 5.69 Å². The highest BCUT2D eigenvalue weighted by atomic mass is 35.5. The fraction of sp³-hybridized carbons (Fsp3) is 0.429. The van der Waals surface area contributed by atoms with Crippen LogP contribution in [0.1, 0.15) is 30.4 Å². The van der Waals surface area contributed by atoms with Crippen LogP contribution in [-0.2, 0) is 22.9 Å². The molecule has 1 aliphatic carbocycles. The van der Waals surface area contributed by atoms with Crippen molar-refractivity contribution >= 4 is 27.3 Å². The molecule has 5 nitrogen and oxygen atoms in total. The quantitative estimate of drug-likeness (QED) is 0.791. The van der Waals surface area contributed by atoms with Crippen molar-refractivity contribution in [1.82, 2.24) is 4.90 Å². The standard InChI is InChI=1S/C21H25ClN2O3S/c1-27-20-10-11-21(28(25,26)23-16-6-4-15(22)5-7-16)18-9-8-17(14-19(18)20)24-12-2-3-13-24/h4-7,10-11,17,23H,2-3,8-9,12-14H2,1H3/t17-/m0/s1. The molecule has 2 aromatic rings. The number of methoxy groups -OCH3 is 1. The zero-order valence-corrected chi connectivity index (χ0v) is 17.5. The summed E-state index contributed by atoms with van der Waals surface area (Å²) in [4.78, 5) is 2.88. The van der Waals surface area contributed by atoms with E-state index in [1.807, 2.05) is 0 Å². The van der Waals surface area contributed by atoms with Crippen molar-refractivity contribution in [3.63, 3.8) is 0 Å². The van der Waals surface area contributed by atoms with E-state index in [2.05, 4.69) is 9.62 Å². The van der Waals surface area contributed by atoms with Gasteiger partial charge < -0.3 is 9.64 Å². The fourth-order valence-electron chi connectivity index (χ4n) is 4.39. The van der Waals surface area contributed by atoms with Crippen LogP contribution in [0.15, 0.2) is 41.3 Å². The predicted molar refractivity (Wildman–Crippen MR) is 112 cm³/mol. The van der Waals surface area contributed by atoms with E-state index >= 15 is 0 Å². The lowest BCUT2D eigenvalue weighted by atomic mass is 9.87. The maximum atomic E-state index is 13.1. The van der Waals surface area contributed by atoms with Gasteiger partial charge in [-0.2, -0.15) is 0 Å². The van der Waals surface area contributed by atoms with Gasteiger partial charge in [0.2, 0.25) is 0 Å². The van der Waals surface area contributed by atoms with Crippen molar-refractivity contribution in [2.24, 2.45) is 0 Å². The molecule has 0 radical (unpaired) electrons. The zero-order chi connectivity index (χ0) is 19.7. The number of likely N-dealkylation sites (tertiary alicyclic amines) is 1. The monoisotopic (exact) mass is 420 g/mol. The molecule has 150 valence electrons. The van der Waals surface area contributed by atoms with E-state index in [0.29, 0.717) is 21.6 Å². The van der Waals surface area contributed by atoms with Gasteiger partial charge in [0.25, 0.3) is 10.0 Å². The molecule has 0 aromatic heterocycles. The Morgan fingerprint density at radius 2 is 1.79 bits per heavy atom. The van der Waals surface area contributed by atoms with Crippen LogP contribution in [0.5, 0.6) is 5.75 Å². The van der Waals surface area contributed by atoms with Crippen LogP contribution < -0.4 is 9.46 Å². The molecule has 2 aliphatic rings. The number of nitrogens with one attached hydrogen (secondary N) is 1. The van der Waals surface area contributed by atoms with Gasteiger partial charge >= 0.3 is 0 Å². The summed E-state index contributed by atoms with van der Waals surface area (Å²) in [5, 5.41) is 0.567. The third-order valence-electron chi connectivity index (χ3n) is 5.78. The van der Waals surface area contributed by atoms with Crippen LogP contribution in [0.3, 0.4) is 0 Å². The zero-order valence-electron chi connectivity index (χ0n) is 15.9. The lowest BCUT2D eigenvalue weighted by molar-refractivity contribution is 0.219. The summed E-state index contributed by atoms with van der Waals surface area (Å²) in [6.45, 7) is 2.27. The molecule has 1 N–H and O–H groups in total. The molecule has 0 saturated carbocycles. The highest BCUT2D eigenvalue weighted by Gasteiger charge is 2.32. The molecule has 1 saturated heterocycles. The first-order valence-corrected chi connectivity index (χ1v) is 11.6. The smallest absolute Gasteiger partial charge is 0.262 e. The summed E-state index contributed by atoms with van der Waals surface area (Å²) in [6.07, 6.45) is 5.05. The van der Waals surface area contributed by atoms with Gasteiger partial charge in [-0.3, -0.25) is 4.72 Å². The van der Waals surface area contributed by atoms with Crippen molar-refractivity contribution < 1.29 is 13.2 Å². The first-order chi connectivity index (χ1) is 13.5. The van der Waals surface area contributed by atoms with E-state index in [1.165, 1.54) is 12.8 Å². The summed E-state index contributed by atoms with van der Waals surface area (Å²) in [5.74, 6) is 0.782. The van der Waals surface area contributed by atoms with Gasteiger partial charge in [-0.25, -0.2) is 8.42 Å². The Bertz CT molecular complexity index is 954. The second kappa shape index (κ2) is 7.93. The number of hydrogen-bond donors (Lipinski definition) is 1. The SMILES string of the molecule is COc1ccc(S(=O)(=O)Nc2ccc(Cl)cc2)c2c1C[C@@H](N1CCCC1)CC2. The topological polar surface area (TPSA) is 58.6 Å². The lowest BCUT2D eigenvalue weighted by Crippen LogP contribution is -2.37. The highest BCUT2D eigenvalue weighted by Crippen LogP contribution is 2.37. The number of benzene rings is 2. The number of fused-ring (bicyclic) bond motifs is 1. The Morgan fingerprint density at radius 3 is 2.46 bits per heavy atom. The number of sulfonamides is 1. The summed E-state index contributed by atoms with van der Waals surface area (Å²) >= 11 is 5.90. The number of rotatable bonds is 5. The van der Waals surface area contributed by atoms with E-state index in [0.717, 1.165) is 49.2 Å². The summed E-state index contributed by atoms with van der Waals surface area (Å²) in [6, 6.07) is 10.6. The predicted octanol–water partition coefficient (Wildman–Crippen LogP) is 4.10. The minimum atomic E-state index is -3.69. The van der Waals surface area contributed by atoms with Gasteiger partial charge in [-0.1, -0.05) is 11.6 Å². The van der Waals surface area contributed by atoms with E-state index in [-0.39, 0.29) is 0 Å². The van der Waals surface area contributed by atoms with E-state index in [1.54, 1.807) is 43.5 Å². The van der Waals surface area contributed by atoms with E-state index in [4.69, 9.17) is 16.3 Å². The molecule has 4 rings (SSSR count). The van der Waals surface area contributed by atoms with Crippen LogP contribution in [0, 0.1) is 0 Å². The number of hydrogen-bond acceptors (Lipinski definition) is 4. The highest BCUT2D eigenvalue weighted by molar-refractivity contribution is 7.92. The lowest BCUT2D eigenvalue weighted by Gasteiger charge is -2.33. The number of nitrogens with zero attached hydrogens (tertiary/aromatic N) is 1. The van der Waals surface area contributed by atoms with Crippen molar-refractivity contribution in [3.8, 4) is 5.75 Å². The third kappa shape index (κ3) is 3.86. The summed E-state index contributed by atoms with van der Waals surface area (Å²) in [7, 11) is -2.04. The molecule has 1 atom stereocenters. The first-order valence-electron chi connectivity index (χ1n) is 9.69. The van der Waals surface area contributed by atoms with Crippen molar-refractivity contribution in [1.29, 1.82) is 0 Å². The molecule has 0 unspecified atom stereocenters. The second-order valence-electron chi connectivity index (χ2n) is 7.48. The van der Waals surface area contributed by atoms with Gasteiger partial charge in [0.15, 0.2) is 0 Å². The second-order valence-corrected chi connectivity index (χ2v) is 9.56. The number of halogens is 1. The normalized spacial score (nSPS) is 20.0. The van der Waals surface area contributed by atoms with Crippen LogP contribution in [0.2, 0.25) is 5.02 Å². The maximum absolute atomic E-state index is 13.1. The minimum Gasteiger partial charge on any atom is -0.496 e. The van der Waals surface area contributed by atoms with Gasteiger partial charge in [-0.15, -0.1) is 0 Å². The molecule has 7 heteroatoms. The largest absolute Gasteiger partial charge is 0.496 e. The molecule has 1 heterocycles. The first kappa shape index (κ1) is 19.6. The molecule has 2 aromatic carbocycles. The third-order valence-corrected chi connectivity index (χ3v) is 7.49. The molecule has 0 bridgehead atoms. The Hall–Kier alpha value is -1.76. The fourth-order valence-corrected chi connectivity index (χ4v) is 5.87. The van der Waals surface area contributed by atoms with Crippen molar-refractivity contribution in [3.05, 3.63) is 52.5 Å². The van der Waals surface area contributed by atoms with Crippen molar-refractivity contribution in [2.45, 2.75) is 43.0 Å². The van der Waals surface area contributed by atoms with Crippen LogP contribution in [-0.4, -0.2) is 39.6 Å². The summed E-state index contributed by atoms with van der Waals surface area (Å²) < 4.78 is 34.5. The molecule has 0 spiro atoms. The molecule has 28 heavy (non-hydrogen) atoms. The molecular weight excluding hydrogens is 396 g/mol. The number of ether oxygens (including phenoxy) is 1. The molecule has 1 aliphatic heterocycles. The van der Waals surface area contributed by atoms with Gasteiger partial charge in [0.05, 0.1) is 12.0 Å². The van der Waals surface area contributed by atoms with E-state index < -0.39 is 10.0 Å². The maximum Gasteiger partial charge on any atom is 0.262 e. The Morgan fingerprint density at radius 1 is 1.07 bits per heavy atom. The molecular formula is C21H25ClN2O3S. The Kier molecular flexibility index (Phi) is 5.54. The molecule has 1 fully saturated rings.